The molecular formula is C31H44N7O10. The fourth-order valence-corrected chi connectivity index (χ4v) is 5.03. The Kier molecular flexibility index (Phi) is 15.4. The Bertz CT molecular complexity index is 1340. The fraction of sp³-hybridized carbons (Fsp3) is 0.548. The summed E-state index contributed by atoms with van der Waals surface area (Å²) in [5.74, 6) is -5.98. The predicted octanol–water partition coefficient (Wildman–Crippen LogP) is -2.85. The van der Waals surface area contributed by atoms with E-state index in [2.05, 4.69) is 21.3 Å². The zero-order valence-electron chi connectivity index (χ0n) is 26.9. The Balaban J connectivity index is 2.36. The number of primary amides is 2. The number of amides is 7. The average Bonchev–Trinajstić information content (AvgIpc) is 3.51. The van der Waals surface area contributed by atoms with Gasteiger partial charge in [0.25, 0.3) is 0 Å². The van der Waals surface area contributed by atoms with Crippen LogP contribution in [0, 0.1) is 5.92 Å². The van der Waals surface area contributed by atoms with Crippen LogP contribution in [-0.2, 0) is 44.8 Å². The van der Waals surface area contributed by atoms with Crippen molar-refractivity contribution in [2.45, 2.75) is 89.0 Å². The number of aliphatic hydroxyl groups excluding tert-OH is 1. The summed E-state index contributed by atoms with van der Waals surface area (Å²) >= 11 is 0. The number of aromatic hydroxyl groups is 1. The van der Waals surface area contributed by atoms with Crippen LogP contribution in [0.5, 0.6) is 5.75 Å². The lowest BCUT2D eigenvalue weighted by Crippen LogP contribution is -2.59. The van der Waals surface area contributed by atoms with Crippen LogP contribution in [0.4, 0.5) is 0 Å². The summed E-state index contributed by atoms with van der Waals surface area (Å²) in [4.78, 5) is 102. The Hall–Kier alpha value is -5.06. The van der Waals surface area contributed by atoms with Gasteiger partial charge in [-0.2, -0.15) is 0 Å². The third-order valence-corrected chi connectivity index (χ3v) is 7.63. The second-order valence-electron chi connectivity index (χ2n) is 11.8. The largest absolute Gasteiger partial charge is 0.508 e. The van der Waals surface area contributed by atoms with Gasteiger partial charge >= 0.3 is 0 Å². The summed E-state index contributed by atoms with van der Waals surface area (Å²) in [6.07, 6.45) is 0.751. The van der Waals surface area contributed by atoms with Crippen LogP contribution in [0.3, 0.4) is 0 Å². The molecule has 5 atom stereocenters. The number of phenols is 1. The number of carbonyl (C=O) groups excluding carboxylic acids is 8. The minimum absolute atomic E-state index is 0.0465. The van der Waals surface area contributed by atoms with E-state index in [0.717, 1.165) is 0 Å². The molecule has 48 heavy (non-hydrogen) atoms. The first-order valence-electron chi connectivity index (χ1n) is 15.5. The summed E-state index contributed by atoms with van der Waals surface area (Å²) in [6.45, 7) is 3.08. The van der Waals surface area contributed by atoms with E-state index in [1.54, 1.807) is 20.1 Å². The molecule has 17 nitrogen and oxygen atoms in total. The summed E-state index contributed by atoms with van der Waals surface area (Å²) in [5.41, 5.74) is 11.0. The van der Waals surface area contributed by atoms with Crippen molar-refractivity contribution in [3.05, 3.63) is 29.8 Å². The molecule has 1 radical (unpaired) electrons. The zero-order valence-corrected chi connectivity index (χ0v) is 26.9. The van der Waals surface area contributed by atoms with Gasteiger partial charge in [0.05, 0.1) is 19.1 Å². The lowest BCUT2D eigenvalue weighted by molar-refractivity contribution is -0.142. The molecule has 1 aromatic rings. The maximum Gasteiger partial charge on any atom is 0.246 e. The van der Waals surface area contributed by atoms with Gasteiger partial charge in [0, 0.05) is 25.8 Å². The van der Waals surface area contributed by atoms with Crippen molar-refractivity contribution in [1.29, 1.82) is 0 Å². The molecule has 0 aromatic heterocycles. The second-order valence-corrected chi connectivity index (χ2v) is 11.8. The lowest BCUT2D eigenvalue weighted by atomic mass is 10.0. The summed E-state index contributed by atoms with van der Waals surface area (Å²) in [5, 5.41) is 28.6. The van der Waals surface area contributed by atoms with Crippen LogP contribution in [-0.4, -0.2) is 106 Å². The van der Waals surface area contributed by atoms with Crippen LogP contribution in [0.25, 0.3) is 0 Å². The van der Waals surface area contributed by atoms with E-state index in [9.17, 15) is 43.5 Å². The van der Waals surface area contributed by atoms with Crippen molar-refractivity contribution in [3.8, 4) is 5.75 Å². The quantitative estimate of drug-likeness (QED) is 0.0744. The molecule has 1 aromatic carbocycles. The van der Waals surface area contributed by atoms with Gasteiger partial charge in [-0.05, 0) is 42.9 Å². The third kappa shape index (κ3) is 12.3. The first-order valence-corrected chi connectivity index (χ1v) is 15.5. The van der Waals surface area contributed by atoms with Crippen LogP contribution >= 0.6 is 0 Å². The fourth-order valence-electron chi connectivity index (χ4n) is 5.03. The highest BCUT2D eigenvalue weighted by Gasteiger charge is 2.39. The predicted molar refractivity (Wildman–Crippen MR) is 169 cm³/mol. The monoisotopic (exact) mass is 674 g/mol. The molecule has 263 valence electrons. The van der Waals surface area contributed by atoms with E-state index >= 15 is 0 Å². The van der Waals surface area contributed by atoms with E-state index in [4.69, 9.17) is 16.6 Å². The van der Waals surface area contributed by atoms with Crippen molar-refractivity contribution >= 4 is 47.6 Å². The Morgan fingerprint density at radius 3 is 2.08 bits per heavy atom. The summed E-state index contributed by atoms with van der Waals surface area (Å²) in [6, 6.07) is -0.424. The van der Waals surface area contributed by atoms with Gasteiger partial charge in [-0.3, -0.25) is 38.4 Å². The van der Waals surface area contributed by atoms with Crippen LogP contribution in [0.15, 0.2) is 24.3 Å². The molecule has 0 saturated carbocycles. The van der Waals surface area contributed by atoms with Gasteiger partial charge in [-0.15, -0.1) is 0 Å². The smallest absolute Gasteiger partial charge is 0.246 e. The number of hydrogen-bond donors (Lipinski definition) is 8. The van der Waals surface area contributed by atoms with Crippen LogP contribution < -0.4 is 32.7 Å². The normalized spacial score (nSPS) is 16.6. The number of aliphatic hydroxyl groups is 1. The summed E-state index contributed by atoms with van der Waals surface area (Å²) in [7, 11) is 0. The zero-order chi connectivity index (χ0) is 36.0. The molecule has 17 heteroatoms. The molecule has 1 fully saturated rings. The molecule has 5 unspecified atom stereocenters. The van der Waals surface area contributed by atoms with Crippen molar-refractivity contribution in [3.63, 3.8) is 0 Å². The highest BCUT2D eigenvalue weighted by atomic mass is 16.3. The molecule has 0 aliphatic carbocycles. The van der Waals surface area contributed by atoms with Crippen LogP contribution in [0.1, 0.15) is 57.9 Å². The minimum atomic E-state index is -1.64. The maximum absolute atomic E-state index is 14.0. The maximum atomic E-state index is 14.0. The highest BCUT2D eigenvalue weighted by Crippen LogP contribution is 2.21. The standard InChI is InChI=1S/C31H44N7O10/c1-17(2)23(16-40)37-30(47)24-4-3-12-38(24)31(48)22(14-18-5-7-19(41)8-6-18)36-29(46)21(15-26(33)43)35-28(45)20(9-10-25(32)42)34-27(44)11-13-39/h5-8,17,20-24,39,41H,3-4,9-15H2,1-2H3,(H2,32,42)(H2,33,43)(H,34,44)(H,35,45)(H,36,46)(H,37,47). The van der Waals surface area contributed by atoms with E-state index in [0.29, 0.717) is 12.0 Å². The van der Waals surface area contributed by atoms with Crippen LogP contribution in [0.2, 0.25) is 0 Å². The molecule has 0 spiro atoms. The molecule has 1 saturated heterocycles. The van der Waals surface area contributed by atoms with E-state index < -0.39 is 84.6 Å². The summed E-state index contributed by atoms with van der Waals surface area (Å²) < 4.78 is 0. The first-order chi connectivity index (χ1) is 22.7. The van der Waals surface area contributed by atoms with Crippen molar-refractivity contribution in [2.24, 2.45) is 17.4 Å². The minimum Gasteiger partial charge on any atom is -0.508 e. The number of phenolic OH excluding ortho intramolecular Hbond substituents is 1. The molecule has 1 aliphatic rings. The van der Waals surface area contributed by atoms with Gasteiger partial charge in [0.1, 0.15) is 29.9 Å². The number of likely N-dealkylation sites (tertiary alicyclic amines) is 1. The SMILES string of the molecule is CC(C)C([C]=O)NC(=O)C1CCCN1C(=O)C(Cc1ccc(O)cc1)NC(=O)C(CC(N)=O)NC(=O)C(CCC(N)=O)NC(=O)CCO. The van der Waals surface area contributed by atoms with Crippen molar-refractivity contribution < 1.29 is 48.6 Å². The number of rotatable bonds is 19. The molecule has 10 N–H and O–H groups in total. The number of nitrogens with two attached hydrogens (primary N) is 2. The Labute approximate surface area is 277 Å². The van der Waals surface area contributed by atoms with Gasteiger partial charge in [-0.25, -0.2) is 0 Å². The van der Waals surface area contributed by atoms with Gasteiger partial charge < -0.3 is 47.8 Å². The average molecular weight is 675 g/mol. The van der Waals surface area contributed by atoms with Gasteiger partial charge in [-0.1, -0.05) is 26.0 Å². The van der Waals surface area contributed by atoms with E-state index in [1.165, 1.54) is 29.2 Å². The molecule has 1 heterocycles. The van der Waals surface area contributed by atoms with Gasteiger partial charge in [0.15, 0.2) is 0 Å². The number of nitrogens with zero attached hydrogens (tertiary/aromatic N) is 1. The second kappa shape index (κ2) is 18.9. The molecule has 7 amide bonds. The van der Waals surface area contributed by atoms with Gasteiger partial charge in [0.2, 0.25) is 47.6 Å². The van der Waals surface area contributed by atoms with Crippen molar-refractivity contribution in [2.75, 3.05) is 13.2 Å². The van der Waals surface area contributed by atoms with E-state index in [-0.39, 0.29) is 50.3 Å². The molecule has 2 rings (SSSR count). The number of carbonyl (C=O) groups is 7. The number of nitrogens with one attached hydrogen (secondary N) is 4. The topological polar surface area (TPSA) is 280 Å². The highest BCUT2D eigenvalue weighted by molar-refractivity contribution is 5.97. The molecule has 1 aliphatic heterocycles. The first kappa shape index (κ1) is 39.1. The third-order valence-electron chi connectivity index (χ3n) is 7.63. The Morgan fingerprint density at radius 1 is 0.896 bits per heavy atom. The van der Waals surface area contributed by atoms with Crippen molar-refractivity contribution in [1.82, 2.24) is 26.2 Å². The molecular weight excluding hydrogens is 630 g/mol. The number of hydrogen-bond acceptors (Lipinski definition) is 10. The Morgan fingerprint density at radius 2 is 1.52 bits per heavy atom. The lowest BCUT2D eigenvalue weighted by Gasteiger charge is -2.30. The van der Waals surface area contributed by atoms with E-state index in [1.807, 2.05) is 0 Å². The molecule has 0 bridgehead atoms. The number of benzene rings is 1.